The third-order valence-corrected chi connectivity index (χ3v) is 2.34. The smallest absolute Gasteiger partial charge is 0.148 e. The lowest BCUT2D eigenvalue weighted by atomic mass is 10.1. The molecule has 0 radical (unpaired) electrons. The summed E-state index contributed by atoms with van der Waals surface area (Å²) in [5, 5.41) is 4.14. The second-order valence-electron chi connectivity index (χ2n) is 3.70. The highest BCUT2D eigenvalue weighted by Gasteiger charge is 2.06. The predicted molar refractivity (Wildman–Crippen MR) is 61.9 cm³/mol. The largest absolute Gasteiger partial charge is 0.384 e. The molecule has 0 spiro atoms. The van der Waals surface area contributed by atoms with Crippen molar-refractivity contribution in [3.63, 3.8) is 0 Å². The summed E-state index contributed by atoms with van der Waals surface area (Å²) in [6, 6.07) is 7.76. The van der Waals surface area contributed by atoms with Gasteiger partial charge in [0.2, 0.25) is 0 Å². The van der Waals surface area contributed by atoms with Crippen molar-refractivity contribution >= 4 is 11.6 Å². The van der Waals surface area contributed by atoms with Crippen molar-refractivity contribution in [2.24, 2.45) is 0 Å². The first-order valence-corrected chi connectivity index (χ1v) is 4.76. The zero-order valence-electron chi connectivity index (χ0n) is 8.86. The number of aryl methyl sites for hydroxylation is 2. The number of rotatable bonds is 1. The van der Waals surface area contributed by atoms with Crippen molar-refractivity contribution in [3.05, 3.63) is 35.4 Å². The second-order valence-corrected chi connectivity index (χ2v) is 3.70. The van der Waals surface area contributed by atoms with Crippen LogP contribution in [-0.2, 0) is 0 Å². The third-order valence-electron chi connectivity index (χ3n) is 2.34. The lowest BCUT2D eigenvalue weighted by Crippen LogP contribution is -2.04. The molecule has 4 heteroatoms. The molecule has 2 rings (SSSR count). The van der Waals surface area contributed by atoms with Gasteiger partial charge in [0.05, 0.1) is 5.69 Å². The van der Waals surface area contributed by atoms with Crippen molar-refractivity contribution in [2.45, 2.75) is 13.8 Å². The number of nitrogens with two attached hydrogens (primary N) is 2. The Bertz CT molecular complexity index is 499. The molecule has 15 heavy (non-hydrogen) atoms. The molecule has 0 amide bonds. The monoisotopic (exact) mass is 202 g/mol. The Labute approximate surface area is 88.5 Å². The summed E-state index contributed by atoms with van der Waals surface area (Å²) in [4.78, 5) is 0. The molecule has 0 aliphatic carbocycles. The average Bonchev–Trinajstić information content (AvgIpc) is 2.45. The molecular weight excluding hydrogens is 188 g/mol. The summed E-state index contributed by atoms with van der Waals surface area (Å²) in [5.41, 5.74) is 14.7. The molecule has 4 nitrogen and oxygen atoms in total. The number of aromatic nitrogens is 2. The number of hydrogen-bond donors (Lipinski definition) is 2. The van der Waals surface area contributed by atoms with Crippen LogP contribution in [0.25, 0.3) is 5.69 Å². The molecule has 0 fully saturated rings. The van der Waals surface area contributed by atoms with E-state index in [1.807, 2.05) is 19.1 Å². The Balaban J connectivity index is 2.59. The van der Waals surface area contributed by atoms with Gasteiger partial charge in [0.1, 0.15) is 11.6 Å². The molecule has 1 heterocycles. The maximum atomic E-state index is 5.80. The lowest BCUT2D eigenvalue weighted by Gasteiger charge is -2.08. The molecule has 0 unspecified atom stereocenters. The van der Waals surface area contributed by atoms with Crippen molar-refractivity contribution < 1.29 is 0 Å². The molecule has 0 aliphatic heterocycles. The van der Waals surface area contributed by atoms with Gasteiger partial charge in [-0.3, -0.25) is 0 Å². The van der Waals surface area contributed by atoms with Crippen LogP contribution in [0, 0.1) is 13.8 Å². The maximum Gasteiger partial charge on any atom is 0.148 e. The third kappa shape index (κ3) is 1.66. The van der Waals surface area contributed by atoms with Crippen molar-refractivity contribution in [2.75, 3.05) is 11.5 Å². The zero-order chi connectivity index (χ0) is 11.0. The minimum absolute atomic E-state index is 0.437. The van der Waals surface area contributed by atoms with Crippen LogP contribution < -0.4 is 11.5 Å². The highest BCUT2D eigenvalue weighted by molar-refractivity contribution is 5.52. The maximum absolute atomic E-state index is 5.80. The predicted octanol–water partition coefficient (Wildman–Crippen LogP) is 1.65. The van der Waals surface area contributed by atoms with E-state index >= 15 is 0 Å². The first-order chi connectivity index (χ1) is 7.08. The fraction of sp³-hybridized carbons (Fsp3) is 0.182. The summed E-state index contributed by atoms with van der Waals surface area (Å²) >= 11 is 0. The molecule has 0 aliphatic rings. The van der Waals surface area contributed by atoms with Crippen LogP contribution in [0.5, 0.6) is 0 Å². The van der Waals surface area contributed by atoms with Gasteiger partial charge >= 0.3 is 0 Å². The molecule has 0 atom stereocenters. The van der Waals surface area contributed by atoms with E-state index in [1.54, 1.807) is 10.7 Å². The van der Waals surface area contributed by atoms with Gasteiger partial charge < -0.3 is 11.5 Å². The van der Waals surface area contributed by atoms with Gasteiger partial charge in [-0.05, 0) is 25.5 Å². The van der Waals surface area contributed by atoms with E-state index in [2.05, 4.69) is 18.1 Å². The minimum Gasteiger partial charge on any atom is -0.384 e. The van der Waals surface area contributed by atoms with Gasteiger partial charge in [0, 0.05) is 6.07 Å². The second kappa shape index (κ2) is 3.31. The average molecular weight is 202 g/mol. The Morgan fingerprint density at radius 2 is 1.87 bits per heavy atom. The van der Waals surface area contributed by atoms with Crippen LogP contribution in [0.3, 0.4) is 0 Å². The van der Waals surface area contributed by atoms with Crippen LogP contribution in [0.2, 0.25) is 0 Å². The van der Waals surface area contributed by atoms with Crippen LogP contribution in [-0.4, -0.2) is 9.78 Å². The van der Waals surface area contributed by atoms with Crippen molar-refractivity contribution in [1.82, 2.24) is 9.78 Å². The van der Waals surface area contributed by atoms with Crippen LogP contribution >= 0.6 is 0 Å². The summed E-state index contributed by atoms with van der Waals surface area (Å²) in [5.74, 6) is 0.993. The minimum atomic E-state index is 0.437. The number of nitrogens with zero attached hydrogens (tertiary/aromatic N) is 2. The molecule has 1 aromatic carbocycles. The zero-order valence-corrected chi connectivity index (χ0v) is 8.86. The fourth-order valence-electron chi connectivity index (χ4n) is 1.65. The lowest BCUT2D eigenvalue weighted by molar-refractivity contribution is 0.888. The van der Waals surface area contributed by atoms with E-state index < -0.39 is 0 Å². The summed E-state index contributed by atoms with van der Waals surface area (Å²) < 4.78 is 1.66. The summed E-state index contributed by atoms with van der Waals surface area (Å²) in [6.07, 6.45) is 0. The number of benzene rings is 1. The molecule has 0 saturated heterocycles. The molecule has 0 saturated carbocycles. The standard InChI is InChI=1S/C11H14N4/c1-7-3-4-9(8(2)5-7)15-11(13)6-10(12)14-15/h3-6H,13H2,1-2H3,(H2,12,14). The quantitative estimate of drug-likeness (QED) is 0.738. The first-order valence-electron chi connectivity index (χ1n) is 4.76. The van der Waals surface area contributed by atoms with Gasteiger partial charge in [-0.15, -0.1) is 5.10 Å². The summed E-state index contributed by atoms with van der Waals surface area (Å²) in [7, 11) is 0. The highest BCUT2D eigenvalue weighted by atomic mass is 15.3. The fourth-order valence-corrected chi connectivity index (χ4v) is 1.65. The Kier molecular flexibility index (Phi) is 2.11. The molecular formula is C11H14N4. The summed E-state index contributed by atoms with van der Waals surface area (Å²) in [6.45, 7) is 4.08. The molecule has 78 valence electrons. The Morgan fingerprint density at radius 3 is 2.40 bits per heavy atom. The SMILES string of the molecule is Cc1ccc(-n2nc(N)cc2N)c(C)c1. The van der Waals surface area contributed by atoms with Gasteiger partial charge in [0.15, 0.2) is 0 Å². The van der Waals surface area contributed by atoms with Gasteiger partial charge in [-0.1, -0.05) is 17.7 Å². The van der Waals surface area contributed by atoms with E-state index in [0.717, 1.165) is 11.3 Å². The van der Waals surface area contributed by atoms with E-state index in [4.69, 9.17) is 11.5 Å². The van der Waals surface area contributed by atoms with Crippen LogP contribution in [0.15, 0.2) is 24.3 Å². The Morgan fingerprint density at radius 1 is 1.13 bits per heavy atom. The van der Waals surface area contributed by atoms with Crippen LogP contribution in [0.4, 0.5) is 11.6 Å². The molecule has 1 aromatic heterocycles. The van der Waals surface area contributed by atoms with Gasteiger partial charge in [-0.25, -0.2) is 4.68 Å². The molecule has 0 bridgehead atoms. The molecule has 4 N–H and O–H groups in total. The highest BCUT2D eigenvalue weighted by Crippen LogP contribution is 2.19. The van der Waals surface area contributed by atoms with E-state index in [1.165, 1.54) is 5.56 Å². The van der Waals surface area contributed by atoms with E-state index in [9.17, 15) is 0 Å². The number of anilines is 2. The van der Waals surface area contributed by atoms with Gasteiger partial charge in [0.25, 0.3) is 0 Å². The topological polar surface area (TPSA) is 69.9 Å². The number of nitrogen functional groups attached to an aromatic ring is 2. The van der Waals surface area contributed by atoms with Crippen molar-refractivity contribution in [1.29, 1.82) is 0 Å². The van der Waals surface area contributed by atoms with E-state index in [0.29, 0.717) is 11.6 Å². The molecule has 2 aromatic rings. The Hall–Kier alpha value is -1.97. The van der Waals surface area contributed by atoms with Crippen LogP contribution in [0.1, 0.15) is 11.1 Å². The van der Waals surface area contributed by atoms with E-state index in [-0.39, 0.29) is 0 Å². The van der Waals surface area contributed by atoms with Crippen molar-refractivity contribution in [3.8, 4) is 5.69 Å². The van der Waals surface area contributed by atoms with Gasteiger partial charge in [-0.2, -0.15) is 0 Å². The first kappa shape index (κ1) is 9.58. The number of hydrogen-bond acceptors (Lipinski definition) is 3. The normalized spacial score (nSPS) is 10.5.